The number of likely N-dealkylation sites (N-methyl/N-ethyl adjacent to an activating group) is 1. The Morgan fingerprint density at radius 2 is 2.09 bits per heavy atom. The van der Waals surface area contributed by atoms with E-state index in [1.54, 1.807) is 11.3 Å². The molecule has 0 atom stereocenters. The summed E-state index contributed by atoms with van der Waals surface area (Å²) < 4.78 is 0. The van der Waals surface area contributed by atoms with Crippen LogP contribution in [0.1, 0.15) is 5.69 Å². The van der Waals surface area contributed by atoms with E-state index in [9.17, 15) is 0 Å². The second kappa shape index (κ2) is 8.12. The summed E-state index contributed by atoms with van der Waals surface area (Å²) in [4.78, 5) is 11.2. The molecule has 1 aliphatic rings. The van der Waals surface area contributed by atoms with Gasteiger partial charge in [0, 0.05) is 42.5 Å². The van der Waals surface area contributed by atoms with Crippen LogP contribution in [0.15, 0.2) is 34.6 Å². The lowest BCUT2D eigenvalue weighted by Crippen LogP contribution is -2.36. The number of guanidine groups is 1. The Hall–Kier alpha value is -0.860. The SMILES string of the molecule is CN1CCN=C1NCCc1csc(-c2ccc(Cl)cc2)n1.I. The first-order valence-electron chi connectivity index (χ1n) is 6.92. The van der Waals surface area contributed by atoms with Crippen LogP contribution in [0.3, 0.4) is 0 Å². The molecule has 118 valence electrons. The van der Waals surface area contributed by atoms with E-state index in [0.29, 0.717) is 0 Å². The summed E-state index contributed by atoms with van der Waals surface area (Å²) >= 11 is 7.58. The molecule has 0 amide bonds. The topological polar surface area (TPSA) is 40.5 Å². The molecule has 0 radical (unpaired) electrons. The standard InChI is InChI=1S/C15H17ClN4S.HI/c1-20-9-8-18-15(20)17-7-6-13-10-21-14(19-13)11-2-4-12(16)5-3-11;/h2-5,10H,6-9H2,1H3,(H,17,18);1H. The number of hydrogen-bond donors (Lipinski definition) is 1. The largest absolute Gasteiger partial charge is 0.356 e. The van der Waals surface area contributed by atoms with Gasteiger partial charge in [0.2, 0.25) is 0 Å². The molecule has 1 aromatic heterocycles. The third-order valence-corrected chi connectivity index (χ3v) is 4.56. The van der Waals surface area contributed by atoms with Crippen molar-refractivity contribution >= 4 is 52.9 Å². The van der Waals surface area contributed by atoms with Crippen molar-refractivity contribution in [2.45, 2.75) is 6.42 Å². The molecule has 7 heteroatoms. The number of aliphatic imine (C=N–C) groups is 1. The van der Waals surface area contributed by atoms with E-state index in [4.69, 9.17) is 11.6 Å². The second-order valence-electron chi connectivity index (χ2n) is 4.95. The van der Waals surface area contributed by atoms with Gasteiger partial charge >= 0.3 is 0 Å². The maximum absolute atomic E-state index is 5.91. The highest BCUT2D eigenvalue weighted by molar-refractivity contribution is 14.0. The maximum Gasteiger partial charge on any atom is 0.193 e. The van der Waals surface area contributed by atoms with Crippen LogP contribution in [0.2, 0.25) is 5.02 Å². The molecule has 2 aromatic rings. The summed E-state index contributed by atoms with van der Waals surface area (Å²) in [5.74, 6) is 0.989. The van der Waals surface area contributed by atoms with E-state index in [-0.39, 0.29) is 24.0 Å². The van der Waals surface area contributed by atoms with Gasteiger partial charge in [-0.25, -0.2) is 4.98 Å². The first-order chi connectivity index (χ1) is 10.2. The monoisotopic (exact) mass is 448 g/mol. The summed E-state index contributed by atoms with van der Waals surface area (Å²) in [6.45, 7) is 2.74. The number of rotatable bonds is 4. The van der Waals surface area contributed by atoms with Crippen molar-refractivity contribution in [2.24, 2.45) is 4.99 Å². The Balaban J connectivity index is 0.00000176. The molecule has 1 aromatic carbocycles. The van der Waals surface area contributed by atoms with Gasteiger partial charge in [0.1, 0.15) is 5.01 Å². The van der Waals surface area contributed by atoms with Crippen LogP contribution in [0.4, 0.5) is 0 Å². The average molecular weight is 449 g/mol. The zero-order chi connectivity index (χ0) is 14.7. The molecular weight excluding hydrogens is 431 g/mol. The van der Waals surface area contributed by atoms with E-state index >= 15 is 0 Å². The van der Waals surface area contributed by atoms with Crippen molar-refractivity contribution < 1.29 is 0 Å². The summed E-state index contributed by atoms with van der Waals surface area (Å²) in [6.07, 6.45) is 0.900. The van der Waals surface area contributed by atoms with Gasteiger partial charge < -0.3 is 10.2 Å². The molecular formula is C15H18ClIN4S. The first kappa shape index (κ1) is 17.5. The quantitative estimate of drug-likeness (QED) is 0.728. The fraction of sp³-hybridized carbons (Fsp3) is 0.333. The van der Waals surface area contributed by atoms with Crippen molar-refractivity contribution in [1.82, 2.24) is 15.2 Å². The van der Waals surface area contributed by atoms with Gasteiger partial charge in [-0.2, -0.15) is 0 Å². The molecule has 0 fully saturated rings. The summed E-state index contributed by atoms with van der Waals surface area (Å²) in [6, 6.07) is 7.80. The third kappa shape index (κ3) is 4.33. The zero-order valence-electron chi connectivity index (χ0n) is 12.3. The fourth-order valence-corrected chi connectivity index (χ4v) is 3.16. The van der Waals surface area contributed by atoms with Crippen LogP contribution in [-0.2, 0) is 6.42 Å². The molecule has 3 rings (SSSR count). The highest BCUT2D eigenvalue weighted by Gasteiger charge is 2.11. The van der Waals surface area contributed by atoms with Crippen molar-refractivity contribution in [2.75, 3.05) is 26.7 Å². The minimum absolute atomic E-state index is 0. The molecule has 0 bridgehead atoms. The van der Waals surface area contributed by atoms with Crippen LogP contribution in [0.25, 0.3) is 10.6 Å². The average Bonchev–Trinajstić information content (AvgIpc) is 3.10. The van der Waals surface area contributed by atoms with Gasteiger partial charge in [0.15, 0.2) is 5.96 Å². The smallest absolute Gasteiger partial charge is 0.193 e. The van der Waals surface area contributed by atoms with Gasteiger partial charge in [-0.05, 0) is 12.1 Å². The number of halogens is 2. The number of benzene rings is 1. The molecule has 0 saturated carbocycles. The molecule has 22 heavy (non-hydrogen) atoms. The van der Waals surface area contributed by atoms with E-state index in [1.807, 2.05) is 24.3 Å². The van der Waals surface area contributed by atoms with Crippen molar-refractivity contribution in [1.29, 1.82) is 0 Å². The zero-order valence-corrected chi connectivity index (χ0v) is 16.2. The Bertz CT molecular complexity index is 641. The van der Waals surface area contributed by atoms with Crippen molar-refractivity contribution in [3.05, 3.63) is 40.4 Å². The van der Waals surface area contributed by atoms with E-state index in [2.05, 4.69) is 32.6 Å². The Morgan fingerprint density at radius 1 is 1.32 bits per heavy atom. The van der Waals surface area contributed by atoms with Gasteiger partial charge in [-0.1, -0.05) is 23.7 Å². The molecule has 1 N–H and O–H groups in total. The highest BCUT2D eigenvalue weighted by Crippen LogP contribution is 2.25. The van der Waals surface area contributed by atoms with Crippen LogP contribution in [0.5, 0.6) is 0 Å². The first-order valence-corrected chi connectivity index (χ1v) is 8.18. The normalized spacial score (nSPS) is 13.7. The minimum Gasteiger partial charge on any atom is -0.356 e. The van der Waals surface area contributed by atoms with Crippen LogP contribution in [0, 0.1) is 0 Å². The lowest BCUT2D eigenvalue weighted by molar-refractivity contribution is 0.534. The fourth-order valence-electron chi connectivity index (χ4n) is 2.17. The molecule has 0 saturated heterocycles. The van der Waals surface area contributed by atoms with Crippen LogP contribution in [-0.4, -0.2) is 42.5 Å². The van der Waals surface area contributed by atoms with Gasteiger partial charge in [0.25, 0.3) is 0 Å². The van der Waals surface area contributed by atoms with E-state index in [1.165, 1.54) is 0 Å². The number of aromatic nitrogens is 1. The number of nitrogens with one attached hydrogen (secondary N) is 1. The maximum atomic E-state index is 5.91. The summed E-state index contributed by atoms with van der Waals surface area (Å²) in [7, 11) is 2.06. The van der Waals surface area contributed by atoms with Crippen LogP contribution < -0.4 is 5.32 Å². The van der Waals surface area contributed by atoms with E-state index < -0.39 is 0 Å². The van der Waals surface area contributed by atoms with Crippen LogP contribution >= 0.6 is 46.9 Å². The third-order valence-electron chi connectivity index (χ3n) is 3.37. The van der Waals surface area contributed by atoms with Gasteiger partial charge in [0.05, 0.1) is 12.2 Å². The molecule has 0 unspecified atom stereocenters. The Labute approximate surface area is 156 Å². The highest BCUT2D eigenvalue weighted by atomic mass is 127. The number of nitrogens with zero attached hydrogens (tertiary/aromatic N) is 3. The molecule has 0 aliphatic carbocycles. The molecule has 1 aliphatic heterocycles. The Morgan fingerprint density at radius 3 is 2.77 bits per heavy atom. The predicted octanol–water partition coefficient (Wildman–Crippen LogP) is 3.52. The molecule has 4 nitrogen and oxygen atoms in total. The lowest BCUT2D eigenvalue weighted by atomic mass is 10.2. The minimum atomic E-state index is 0. The number of hydrogen-bond acceptors (Lipinski definition) is 5. The summed E-state index contributed by atoms with van der Waals surface area (Å²) in [5.41, 5.74) is 2.22. The van der Waals surface area contributed by atoms with Gasteiger partial charge in [-0.15, -0.1) is 35.3 Å². The van der Waals surface area contributed by atoms with Crippen molar-refractivity contribution in [3.63, 3.8) is 0 Å². The van der Waals surface area contributed by atoms with E-state index in [0.717, 1.165) is 53.3 Å². The van der Waals surface area contributed by atoms with Gasteiger partial charge in [-0.3, -0.25) is 4.99 Å². The lowest BCUT2D eigenvalue weighted by Gasteiger charge is -2.14. The molecule has 0 spiro atoms. The summed E-state index contributed by atoms with van der Waals surface area (Å²) in [5, 5.41) is 7.27. The van der Waals surface area contributed by atoms with Crippen molar-refractivity contribution in [3.8, 4) is 10.6 Å². The predicted molar refractivity (Wildman–Crippen MR) is 105 cm³/mol. The number of thiazole rings is 1. The second-order valence-corrected chi connectivity index (χ2v) is 6.25. The Kier molecular flexibility index (Phi) is 6.46. The molecule has 2 heterocycles.